The number of benzene rings is 1. The molecule has 9 heteroatoms. The molecule has 28 heavy (non-hydrogen) atoms. The van der Waals surface area contributed by atoms with Gasteiger partial charge in [-0.25, -0.2) is 8.70 Å². The first-order chi connectivity index (χ1) is 13.2. The Bertz CT molecular complexity index is 749. The molecule has 0 unspecified atom stereocenters. The molecule has 1 aromatic carbocycles. The largest absolute Gasteiger partial charge is 0.354 e. The summed E-state index contributed by atoms with van der Waals surface area (Å²) in [6.45, 7) is 5.32. The molecule has 1 amide bonds. The number of nitrogens with zero attached hydrogens (tertiary/aromatic N) is 3. The molecule has 0 radical (unpaired) electrons. The molecule has 1 heterocycles. The number of halogens is 1. The van der Waals surface area contributed by atoms with Gasteiger partial charge >= 0.3 is 10.2 Å². The molecule has 0 bridgehead atoms. The van der Waals surface area contributed by atoms with Gasteiger partial charge in [-0.05, 0) is 56.9 Å². The molecule has 2 rings (SSSR count). The summed E-state index contributed by atoms with van der Waals surface area (Å²) in [6, 6.07) is 5.53. The van der Waals surface area contributed by atoms with Gasteiger partial charge in [-0.1, -0.05) is 19.1 Å². The van der Waals surface area contributed by atoms with Gasteiger partial charge in [0.05, 0.1) is 5.69 Å². The van der Waals surface area contributed by atoms with Gasteiger partial charge in [0.25, 0.3) is 0 Å². The highest BCUT2D eigenvalue weighted by atomic mass is 32.2. The van der Waals surface area contributed by atoms with Crippen LogP contribution in [-0.2, 0) is 15.0 Å². The highest BCUT2D eigenvalue weighted by Crippen LogP contribution is 2.22. The smallest absolute Gasteiger partial charge is 0.304 e. The molecule has 0 saturated carbocycles. The van der Waals surface area contributed by atoms with E-state index in [0.29, 0.717) is 6.54 Å². The van der Waals surface area contributed by atoms with E-state index >= 15 is 0 Å². The SMILES string of the molecule is CC1CCN(CCCNC(=O)CN(c2ccccc2F)S(=O)(=O)N(C)C)CC1. The van der Waals surface area contributed by atoms with Crippen LogP contribution in [-0.4, -0.2) is 70.3 Å². The quantitative estimate of drug-likeness (QED) is 0.624. The van der Waals surface area contributed by atoms with Crippen LogP contribution in [0.15, 0.2) is 24.3 Å². The zero-order chi connectivity index (χ0) is 20.7. The Hall–Kier alpha value is -1.71. The Morgan fingerprint density at radius 3 is 2.50 bits per heavy atom. The Morgan fingerprint density at radius 1 is 1.25 bits per heavy atom. The summed E-state index contributed by atoms with van der Waals surface area (Å²) in [7, 11) is -1.31. The van der Waals surface area contributed by atoms with Crippen LogP contribution < -0.4 is 9.62 Å². The van der Waals surface area contributed by atoms with Gasteiger partial charge in [0.1, 0.15) is 12.4 Å². The molecule has 1 N–H and O–H groups in total. The minimum Gasteiger partial charge on any atom is -0.354 e. The Kier molecular flexibility index (Phi) is 8.21. The van der Waals surface area contributed by atoms with E-state index in [-0.39, 0.29) is 5.69 Å². The molecule has 7 nitrogen and oxygen atoms in total. The summed E-state index contributed by atoms with van der Waals surface area (Å²) >= 11 is 0. The maximum absolute atomic E-state index is 14.2. The van der Waals surface area contributed by atoms with Gasteiger partial charge in [-0.15, -0.1) is 0 Å². The molecular weight excluding hydrogens is 383 g/mol. The third kappa shape index (κ3) is 6.15. The van der Waals surface area contributed by atoms with E-state index < -0.39 is 28.5 Å². The highest BCUT2D eigenvalue weighted by Gasteiger charge is 2.29. The normalized spacial score (nSPS) is 16.3. The van der Waals surface area contributed by atoms with Crippen LogP contribution in [0.5, 0.6) is 0 Å². The molecule has 0 aromatic heterocycles. The van der Waals surface area contributed by atoms with Crippen LogP contribution in [0.25, 0.3) is 0 Å². The van der Waals surface area contributed by atoms with Gasteiger partial charge in [0.15, 0.2) is 0 Å². The summed E-state index contributed by atoms with van der Waals surface area (Å²) in [4.78, 5) is 14.7. The fourth-order valence-electron chi connectivity index (χ4n) is 3.14. The maximum Gasteiger partial charge on any atom is 0.304 e. The van der Waals surface area contributed by atoms with Crippen molar-refractivity contribution in [3.8, 4) is 0 Å². The lowest BCUT2D eigenvalue weighted by Gasteiger charge is -2.30. The topological polar surface area (TPSA) is 73.0 Å². The highest BCUT2D eigenvalue weighted by molar-refractivity contribution is 7.90. The summed E-state index contributed by atoms with van der Waals surface area (Å²) < 4.78 is 41.1. The number of hydrogen-bond donors (Lipinski definition) is 1. The van der Waals surface area contributed by atoms with Crippen LogP contribution >= 0.6 is 0 Å². The van der Waals surface area contributed by atoms with Crippen LogP contribution in [0.3, 0.4) is 0 Å². The number of rotatable bonds is 9. The summed E-state index contributed by atoms with van der Waals surface area (Å²) in [6.07, 6.45) is 3.19. The standard InChI is InChI=1S/C19H31FN4O3S/c1-16-9-13-23(14-10-16)12-6-11-21-19(25)15-24(28(26,27)22(2)3)18-8-5-4-7-17(18)20/h4-5,7-8,16H,6,9-15H2,1-3H3,(H,21,25). The molecule has 1 saturated heterocycles. The van der Waals surface area contributed by atoms with E-state index in [1.165, 1.54) is 51.2 Å². The minimum absolute atomic E-state index is 0.145. The van der Waals surface area contributed by atoms with Crippen LogP contribution in [0.2, 0.25) is 0 Å². The van der Waals surface area contributed by atoms with Crippen molar-refractivity contribution in [2.45, 2.75) is 26.2 Å². The third-order valence-electron chi connectivity index (χ3n) is 5.00. The fraction of sp³-hybridized carbons (Fsp3) is 0.632. The van der Waals surface area contributed by atoms with E-state index in [1.54, 1.807) is 0 Å². The lowest BCUT2D eigenvalue weighted by atomic mass is 9.99. The Labute approximate surface area is 167 Å². The second-order valence-electron chi connectivity index (χ2n) is 7.48. The number of amides is 1. The molecular formula is C19H31FN4O3S. The third-order valence-corrected chi connectivity index (χ3v) is 6.80. The summed E-state index contributed by atoms with van der Waals surface area (Å²) in [5.41, 5.74) is -0.145. The van der Waals surface area contributed by atoms with Crippen molar-refractivity contribution >= 4 is 21.8 Å². The number of likely N-dealkylation sites (tertiary alicyclic amines) is 1. The van der Waals surface area contributed by atoms with Gasteiger partial charge < -0.3 is 10.2 Å². The molecule has 158 valence electrons. The second kappa shape index (κ2) is 10.2. The summed E-state index contributed by atoms with van der Waals surface area (Å²) in [5.74, 6) is -0.375. The number of nitrogens with one attached hydrogen (secondary N) is 1. The van der Waals surface area contributed by atoms with Crippen molar-refractivity contribution in [1.82, 2.24) is 14.5 Å². The van der Waals surface area contributed by atoms with Gasteiger partial charge in [0.2, 0.25) is 5.91 Å². The number of piperidine rings is 1. The van der Waals surface area contributed by atoms with Crippen molar-refractivity contribution in [1.29, 1.82) is 0 Å². The zero-order valence-corrected chi connectivity index (χ0v) is 17.7. The van der Waals surface area contributed by atoms with Crippen LogP contribution in [0, 0.1) is 11.7 Å². The second-order valence-corrected chi connectivity index (χ2v) is 9.54. The van der Waals surface area contributed by atoms with Crippen molar-refractivity contribution in [2.24, 2.45) is 5.92 Å². The number of anilines is 1. The van der Waals surface area contributed by atoms with E-state index in [2.05, 4.69) is 17.1 Å². The lowest BCUT2D eigenvalue weighted by molar-refractivity contribution is -0.119. The molecule has 1 aliphatic rings. The predicted molar refractivity (Wildman–Crippen MR) is 109 cm³/mol. The molecule has 0 aliphatic carbocycles. The summed E-state index contributed by atoms with van der Waals surface area (Å²) in [5, 5.41) is 2.75. The Morgan fingerprint density at radius 2 is 1.89 bits per heavy atom. The minimum atomic E-state index is -4.00. The Balaban J connectivity index is 1.91. The molecule has 1 fully saturated rings. The lowest BCUT2D eigenvalue weighted by Crippen LogP contribution is -2.46. The number of carbonyl (C=O) groups excluding carboxylic acids is 1. The number of hydrogen-bond acceptors (Lipinski definition) is 4. The first-order valence-electron chi connectivity index (χ1n) is 9.65. The van der Waals surface area contributed by atoms with E-state index in [0.717, 1.165) is 40.6 Å². The van der Waals surface area contributed by atoms with Crippen molar-refractivity contribution < 1.29 is 17.6 Å². The average molecular weight is 415 g/mol. The van der Waals surface area contributed by atoms with Crippen LogP contribution in [0.1, 0.15) is 26.2 Å². The predicted octanol–water partition coefficient (Wildman–Crippen LogP) is 1.68. The van der Waals surface area contributed by atoms with Crippen molar-refractivity contribution in [3.05, 3.63) is 30.1 Å². The van der Waals surface area contributed by atoms with E-state index in [1.807, 2.05) is 0 Å². The van der Waals surface area contributed by atoms with Crippen molar-refractivity contribution in [3.63, 3.8) is 0 Å². The first kappa shape index (κ1) is 22.6. The van der Waals surface area contributed by atoms with Gasteiger partial charge in [-0.2, -0.15) is 12.7 Å². The molecule has 0 atom stereocenters. The molecule has 1 aliphatic heterocycles. The first-order valence-corrected chi connectivity index (χ1v) is 11.0. The molecule has 1 aromatic rings. The van der Waals surface area contributed by atoms with Gasteiger partial charge in [0, 0.05) is 20.6 Å². The molecule has 0 spiro atoms. The van der Waals surface area contributed by atoms with Gasteiger partial charge in [-0.3, -0.25) is 4.79 Å². The van der Waals surface area contributed by atoms with E-state index in [9.17, 15) is 17.6 Å². The monoisotopic (exact) mass is 414 g/mol. The van der Waals surface area contributed by atoms with Crippen molar-refractivity contribution in [2.75, 3.05) is 51.1 Å². The fourth-order valence-corrected chi connectivity index (χ4v) is 4.22. The zero-order valence-electron chi connectivity index (χ0n) is 16.9. The number of para-hydroxylation sites is 1. The average Bonchev–Trinajstić information content (AvgIpc) is 2.65. The van der Waals surface area contributed by atoms with Crippen LogP contribution in [0.4, 0.5) is 10.1 Å². The maximum atomic E-state index is 14.2. The number of carbonyl (C=O) groups is 1. The van der Waals surface area contributed by atoms with E-state index in [4.69, 9.17) is 0 Å².